The minimum absolute atomic E-state index is 0.0922. The molecule has 0 aliphatic heterocycles. The van der Waals surface area contributed by atoms with E-state index in [1.54, 1.807) is 0 Å². The van der Waals surface area contributed by atoms with Gasteiger partial charge in [-0.25, -0.2) is 4.39 Å². The van der Waals surface area contributed by atoms with Crippen LogP contribution in [0.5, 0.6) is 0 Å². The molecule has 6 heteroatoms. The number of anilines is 1. The van der Waals surface area contributed by atoms with Crippen LogP contribution in [0.4, 0.5) is 15.8 Å². The highest BCUT2D eigenvalue weighted by Gasteiger charge is 2.37. The second-order valence-electron chi connectivity index (χ2n) is 4.58. The number of nitrogens with zero attached hydrogens (tertiary/aromatic N) is 1. The normalized spacial score (nSPS) is 21.7. The van der Waals surface area contributed by atoms with E-state index in [-0.39, 0.29) is 21.9 Å². The fourth-order valence-corrected chi connectivity index (χ4v) is 2.45. The summed E-state index contributed by atoms with van der Waals surface area (Å²) in [4.78, 5) is 10.4. The highest BCUT2D eigenvalue weighted by Crippen LogP contribution is 2.40. The SMILES string of the molecule is CCCC1CC1Nc1cc(F)c(Br)cc1[N+](=O)[O-]. The van der Waals surface area contributed by atoms with Gasteiger partial charge in [-0.05, 0) is 34.7 Å². The van der Waals surface area contributed by atoms with Crippen molar-refractivity contribution in [2.75, 3.05) is 5.32 Å². The summed E-state index contributed by atoms with van der Waals surface area (Å²) >= 11 is 2.96. The van der Waals surface area contributed by atoms with Crippen LogP contribution in [0.15, 0.2) is 16.6 Å². The zero-order valence-electron chi connectivity index (χ0n) is 9.95. The first-order valence-corrected chi connectivity index (χ1v) is 6.72. The zero-order valence-corrected chi connectivity index (χ0v) is 11.5. The molecule has 2 atom stereocenters. The van der Waals surface area contributed by atoms with Crippen LogP contribution in [0.2, 0.25) is 0 Å². The van der Waals surface area contributed by atoms with Crippen LogP contribution >= 0.6 is 15.9 Å². The maximum atomic E-state index is 13.4. The Kier molecular flexibility index (Phi) is 3.85. The molecule has 0 spiro atoms. The van der Waals surface area contributed by atoms with E-state index < -0.39 is 10.7 Å². The minimum Gasteiger partial charge on any atom is -0.376 e. The summed E-state index contributed by atoms with van der Waals surface area (Å²) in [6.45, 7) is 2.11. The quantitative estimate of drug-likeness (QED) is 0.657. The number of nitro benzene ring substituents is 1. The van der Waals surface area contributed by atoms with E-state index >= 15 is 0 Å². The van der Waals surface area contributed by atoms with Crippen molar-refractivity contribution >= 4 is 27.3 Å². The molecule has 0 radical (unpaired) electrons. The van der Waals surface area contributed by atoms with E-state index in [1.165, 1.54) is 12.1 Å². The molecular formula is C12H14BrFN2O2. The van der Waals surface area contributed by atoms with Gasteiger partial charge in [0.05, 0.1) is 9.40 Å². The van der Waals surface area contributed by atoms with E-state index in [4.69, 9.17) is 0 Å². The lowest BCUT2D eigenvalue weighted by molar-refractivity contribution is -0.384. The number of hydrogen-bond donors (Lipinski definition) is 1. The zero-order chi connectivity index (χ0) is 13.3. The predicted molar refractivity (Wildman–Crippen MR) is 71.2 cm³/mol. The summed E-state index contributed by atoms with van der Waals surface area (Å²) < 4.78 is 13.5. The molecule has 4 nitrogen and oxygen atoms in total. The van der Waals surface area contributed by atoms with E-state index in [0.29, 0.717) is 5.92 Å². The Morgan fingerprint density at radius 1 is 1.61 bits per heavy atom. The summed E-state index contributed by atoms with van der Waals surface area (Å²) in [7, 11) is 0. The lowest BCUT2D eigenvalue weighted by atomic mass is 10.2. The number of hydrogen-bond acceptors (Lipinski definition) is 3. The van der Waals surface area contributed by atoms with E-state index in [0.717, 1.165) is 19.3 Å². The summed E-state index contributed by atoms with van der Waals surface area (Å²) in [6, 6.07) is 2.63. The molecule has 1 aliphatic rings. The topological polar surface area (TPSA) is 55.2 Å². The first kappa shape index (κ1) is 13.3. The van der Waals surface area contributed by atoms with Crippen LogP contribution < -0.4 is 5.32 Å². The molecule has 1 N–H and O–H groups in total. The molecule has 2 rings (SSSR count). The molecule has 0 heterocycles. The smallest absolute Gasteiger partial charge is 0.293 e. The molecule has 18 heavy (non-hydrogen) atoms. The molecule has 98 valence electrons. The minimum atomic E-state index is -0.496. The Morgan fingerprint density at radius 3 is 2.94 bits per heavy atom. The number of nitrogens with one attached hydrogen (secondary N) is 1. The summed E-state index contributed by atoms with van der Waals surface area (Å²) in [6.07, 6.45) is 3.20. The maximum absolute atomic E-state index is 13.4. The Morgan fingerprint density at radius 2 is 2.33 bits per heavy atom. The van der Waals surface area contributed by atoms with E-state index in [2.05, 4.69) is 28.2 Å². The highest BCUT2D eigenvalue weighted by molar-refractivity contribution is 9.10. The van der Waals surface area contributed by atoms with Crippen molar-refractivity contribution in [3.63, 3.8) is 0 Å². The highest BCUT2D eigenvalue weighted by atomic mass is 79.9. The maximum Gasteiger partial charge on any atom is 0.293 e. The summed E-state index contributed by atoms with van der Waals surface area (Å²) in [5.74, 6) is 0.0668. The fourth-order valence-electron chi connectivity index (χ4n) is 2.12. The molecule has 0 bridgehead atoms. The van der Waals surface area contributed by atoms with Gasteiger partial charge in [-0.2, -0.15) is 0 Å². The molecular weight excluding hydrogens is 303 g/mol. The number of benzene rings is 1. The average Bonchev–Trinajstić information content (AvgIpc) is 3.01. The molecule has 1 aromatic rings. The molecule has 0 amide bonds. The largest absolute Gasteiger partial charge is 0.376 e. The third-order valence-electron chi connectivity index (χ3n) is 3.16. The third kappa shape index (κ3) is 2.80. The van der Waals surface area contributed by atoms with Crippen molar-refractivity contribution in [3.05, 3.63) is 32.5 Å². The number of halogens is 2. The number of nitro groups is 1. The van der Waals surface area contributed by atoms with Crippen LogP contribution in [-0.4, -0.2) is 11.0 Å². The lowest BCUT2D eigenvalue weighted by Crippen LogP contribution is -2.07. The van der Waals surface area contributed by atoms with Gasteiger partial charge < -0.3 is 5.32 Å². The standard InChI is InChI=1S/C12H14BrFN2O2/c1-2-3-7-4-10(7)15-11-6-9(14)8(13)5-12(11)16(17)18/h5-7,10,15H,2-4H2,1H3. The van der Waals surface area contributed by atoms with Crippen molar-refractivity contribution in [1.29, 1.82) is 0 Å². The molecule has 1 aromatic carbocycles. The van der Waals surface area contributed by atoms with Gasteiger partial charge in [-0.3, -0.25) is 10.1 Å². The van der Waals surface area contributed by atoms with Crippen molar-refractivity contribution in [3.8, 4) is 0 Å². The monoisotopic (exact) mass is 316 g/mol. The Balaban J connectivity index is 2.17. The second kappa shape index (κ2) is 5.22. The average molecular weight is 317 g/mol. The van der Waals surface area contributed by atoms with Crippen LogP contribution in [0.1, 0.15) is 26.2 Å². The molecule has 1 aliphatic carbocycles. The van der Waals surface area contributed by atoms with Gasteiger partial charge in [0.25, 0.3) is 5.69 Å². The van der Waals surface area contributed by atoms with Gasteiger partial charge in [-0.15, -0.1) is 0 Å². The lowest BCUT2D eigenvalue weighted by Gasteiger charge is -2.07. The summed E-state index contributed by atoms with van der Waals surface area (Å²) in [5.41, 5.74) is 0.176. The third-order valence-corrected chi connectivity index (χ3v) is 3.77. The molecule has 1 fully saturated rings. The summed E-state index contributed by atoms with van der Waals surface area (Å²) in [5, 5.41) is 14.0. The van der Waals surface area contributed by atoms with E-state index in [1.807, 2.05) is 0 Å². The van der Waals surface area contributed by atoms with Crippen LogP contribution in [0, 0.1) is 21.8 Å². The first-order valence-electron chi connectivity index (χ1n) is 5.93. The van der Waals surface area contributed by atoms with E-state index in [9.17, 15) is 14.5 Å². The molecule has 0 saturated heterocycles. The van der Waals surface area contributed by atoms with Crippen molar-refractivity contribution in [2.45, 2.75) is 32.2 Å². The van der Waals surface area contributed by atoms with Crippen molar-refractivity contribution < 1.29 is 9.31 Å². The Hall–Kier alpha value is -1.17. The van der Waals surface area contributed by atoms with Crippen molar-refractivity contribution in [2.24, 2.45) is 5.92 Å². The molecule has 2 unspecified atom stereocenters. The number of rotatable bonds is 5. The Bertz CT molecular complexity index is 481. The van der Waals surface area contributed by atoms with Crippen LogP contribution in [-0.2, 0) is 0 Å². The Labute approximate surface area is 113 Å². The first-order chi connectivity index (χ1) is 8.52. The van der Waals surface area contributed by atoms with Crippen LogP contribution in [0.25, 0.3) is 0 Å². The predicted octanol–water partition coefficient (Wildman–Crippen LogP) is 4.10. The van der Waals surface area contributed by atoms with Crippen LogP contribution in [0.3, 0.4) is 0 Å². The van der Waals surface area contributed by atoms with Gasteiger partial charge in [0.2, 0.25) is 0 Å². The fraction of sp³-hybridized carbons (Fsp3) is 0.500. The van der Waals surface area contributed by atoms with Gasteiger partial charge in [0, 0.05) is 18.2 Å². The van der Waals surface area contributed by atoms with Crippen molar-refractivity contribution in [1.82, 2.24) is 0 Å². The molecule has 1 saturated carbocycles. The molecule has 0 aromatic heterocycles. The van der Waals surface area contributed by atoms with Gasteiger partial charge >= 0.3 is 0 Å². The second-order valence-corrected chi connectivity index (χ2v) is 5.43. The van der Waals surface area contributed by atoms with Gasteiger partial charge in [0.1, 0.15) is 11.5 Å². The van der Waals surface area contributed by atoms with Gasteiger partial charge in [-0.1, -0.05) is 13.3 Å². The van der Waals surface area contributed by atoms with Gasteiger partial charge in [0.15, 0.2) is 0 Å².